The number of carbonyl (C=O) groups is 1. The molecule has 0 unspecified atom stereocenters. The van der Waals surface area contributed by atoms with Crippen LogP contribution in [0.3, 0.4) is 0 Å². The second-order valence-corrected chi connectivity index (χ2v) is 6.23. The maximum absolute atomic E-state index is 10.8. The Labute approximate surface area is 148 Å². The van der Waals surface area contributed by atoms with Crippen molar-refractivity contribution >= 4 is 16.7 Å². The van der Waals surface area contributed by atoms with Crippen molar-refractivity contribution < 1.29 is 39.8 Å². The molecule has 26 heavy (non-hydrogen) atoms. The average molecular weight is 364 g/mol. The minimum absolute atomic E-state index is 0.0704. The van der Waals surface area contributed by atoms with E-state index in [0.29, 0.717) is 11.3 Å². The van der Waals surface area contributed by atoms with Crippen LogP contribution in [0.25, 0.3) is 10.8 Å². The Bertz CT molecular complexity index is 790. The molecule has 1 fully saturated rings. The van der Waals surface area contributed by atoms with Crippen LogP contribution < -0.4 is 4.74 Å². The topological polar surface area (TPSA) is 137 Å². The number of aliphatic hydroxyl groups excluding tert-OH is 4. The largest absolute Gasteiger partial charge is 0.481 e. The number of hydrogen-bond donors (Lipinski definition) is 5. The van der Waals surface area contributed by atoms with E-state index >= 15 is 0 Å². The first-order chi connectivity index (χ1) is 12.4. The first-order valence-electron chi connectivity index (χ1n) is 8.10. The van der Waals surface area contributed by atoms with E-state index < -0.39 is 43.3 Å². The molecule has 1 aliphatic rings. The zero-order valence-corrected chi connectivity index (χ0v) is 13.7. The van der Waals surface area contributed by atoms with E-state index in [1.165, 1.54) is 0 Å². The van der Waals surface area contributed by atoms with Gasteiger partial charge < -0.3 is 35.0 Å². The van der Waals surface area contributed by atoms with Crippen LogP contribution >= 0.6 is 0 Å². The van der Waals surface area contributed by atoms with Gasteiger partial charge in [-0.25, -0.2) is 0 Å². The predicted molar refractivity (Wildman–Crippen MR) is 89.7 cm³/mol. The van der Waals surface area contributed by atoms with Crippen LogP contribution in [0.4, 0.5) is 0 Å². The standard InChI is InChI=1S/C18H20O8/c19-8-13-15(22)16(23)17(24)18(26-13)25-12-4-3-10-5-9(6-14(20)21)1-2-11(10)7-12/h1-5,7,13,15-19,22-24H,6,8H2,(H,20,21)/t13-,15-,16+,17-,18+/m1/s1. The van der Waals surface area contributed by atoms with Gasteiger partial charge in [0, 0.05) is 0 Å². The van der Waals surface area contributed by atoms with E-state index in [0.717, 1.165) is 10.8 Å². The second-order valence-electron chi connectivity index (χ2n) is 6.23. The van der Waals surface area contributed by atoms with Gasteiger partial charge in [0.1, 0.15) is 30.2 Å². The van der Waals surface area contributed by atoms with Crippen LogP contribution in [0.15, 0.2) is 36.4 Å². The van der Waals surface area contributed by atoms with Gasteiger partial charge in [-0.3, -0.25) is 4.79 Å². The highest BCUT2D eigenvalue weighted by Crippen LogP contribution is 2.27. The summed E-state index contributed by atoms with van der Waals surface area (Å²) in [6, 6.07) is 10.3. The van der Waals surface area contributed by atoms with Crippen molar-refractivity contribution in [2.45, 2.75) is 37.1 Å². The third-order valence-corrected chi connectivity index (χ3v) is 4.33. The van der Waals surface area contributed by atoms with E-state index in [2.05, 4.69) is 0 Å². The van der Waals surface area contributed by atoms with Crippen molar-refractivity contribution in [1.82, 2.24) is 0 Å². The smallest absolute Gasteiger partial charge is 0.307 e. The van der Waals surface area contributed by atoms with E-state index in [1.807, 2.05) is 0 Å². The van der Waals surface area contributed by atoms with Crippen LogP contribution in [0.1, 0.15) is 5.56 Å². The second kappa shape index (κ2) is 7.56. The maximum Gasteiger partial charge on any atom is 0.307 e. The lowest BCUT2D eigenvalue weighted by molar-refractivity contribution is -0.277. The van der Waals surface area contributed by atoms with Crippen LogP contribution in [0, 0.1) is 0 Å². The minimum atomic E-state index is -1.51. The zero-order chi connectivity index (χ0) is 18.8. The molecule has 2 aromatic rings. The highest BCUT2D eigenvalue weighted by Gasteiger charge is 2.44. The van der Waals surface area contributed by atoms with Crippen molar-refractivity contribution in [3.05, 3.63) is 42.0 Å². The molecule has 0 aromatic heterocycles. The Morgan fingerprint density at radius 1 is 1.00 bits per heavy atom. The van der Waals surface area contributed by atoms with E-state index in [1.54, 1.807) is 36.4 Å². The molecule has 1 saturated heterocycles. The van der Waals surface area contributed by atoms with Gasteiger partial charge in [-0.2, -0.15) is 0 Å². The molecule has 0 radical (unpaired) electrons. The summed E-state index contributed by atoms with van der Waals surface area (Å²) in [7, 11) is 0. The van der Waals surface area contributed by atoms with Crippen LogP contribution in [-0.2, 0) is 16.0 Å². The third-order valence-electron chi connectivity index (χ3n) is 4.33. The van der Waals surface area contributed by atoms with Gasteiger partial charge in [-0.05, 0) is 28.5 Å². The number of aliphatic hydroxyl groups is 4. The summed E-state index contributed by atoms with van der Waals surface area (Å²) in [4.78, 5) is 10.8. The molecular weight excluding hydrogens is 344 g/mol. The Kier molecular flexibility index (Phi) is 5.40. The number of fused-ring (bicyclic) bond motifs is 1. The molecule has 8 heteroatoms. The number of hydrogen-bond acceptors (Lipinski definition) is 7. The molecule has 0 aliphatic carbocycles. The van der Waals surface area contributed by atoms with Gasteiger partial charge in [-0.15, -0.1) is 0 Å². The lowest BCUT2D eigenvalue weighted by Gasteiger charge is -2.39. The number of carboxylic acid groups (broad SMARTS) is 1. The van der Waals surface area contributed by atoms with E-state index in [4.69, 9.17) is 14.6 Å². The molecule has 0 bridgehead atoms. The van der Waals surface area contributed by atoms with Crippen LogP contribution in [0.2, 0.25) is 0 Å². The van der Waals surface area contributed by atoms with Gasteiger partial charge >= 0.3 is 5.97 Å². The van der Waals surface area contributed by atoms with Gasteiger partial charge in [0.05, 0.1) is 13.0 Å². The Morgan fingerprint density at radius 3 is 2.38 bits per heavy atom. The summed E-state index contributed by atoms with van der Waals surface area (Å²) >= 11 is 0. The number of rotatable bonds is 5. The monoisotopic (exact) mass is 364 g/mol. The maximum atomic E-state index is 10.8. The quantitative estimate of drug-likeness (QED) is 0.485. The average Bonchev–Trinajstić information content (AvgIpc) is 2.61. The summed E-state index contributed by atoms with van der Waals surface area (Å²) in [5, 5.41) is 49.3. The fourth-order valence-corrected chi connectivity index (χ4v) is 2.93. The lowest BCUT2D eigenvalue weighted by atomic mass is 9.99. The fraction of sp³-hybridized carbons (Fsp3) is 0.389. The summed E-state index contributed by atoms with van der Waals surface area (Å²) in [5.74, 6) is -0.556. The van der Waals surface area contributed by atoms with E-state index in [9.17, 15) is 25.2 Å². The molecule has 1 heterocycles. The summed E-state index contributed by atoms with van der Waals surface area (Å²) in [5.41, 5.74) is 0.674. The lowest BCUT2D eigenvalue weighted by Crippen LogP contribution is -2.60. The van der Waals surface area contributed by atoms with Crippen LogP contribution in [-0.4, -0.2) is 68.8 Å². The number of aliphatic carboxylic acids is 1. The highest BCUT2D eigenvalue weighted by molar-refractivity contribution is 5.85. The zero-order valence-electron chi connectivity index (χ0n) is 13.7. The molecule has 1 aliphatic heterocycles. The Balaban J connectivity index is 1.79. The Hall–Kier alpha value is -2.23. The molecule has 0 amide bonds. The number of carboxylic acids is 1. The van der Waals surface area contributed by atoms with Crippen molar-refractivity contribution in [3.63, 3.8) is 0 Å². The van der Waals surface area contributed by atoms with E-state index in [-0.39, 0.29) is 6.42 Å². The fourth-order valence-electron chi connectivity index (χ4n) is 2.93. The first kappa shape index (κ1) is 18.6. The van der Waals surface area contributed by atoms with Crippen molar-refractivity contribution in [3.8, 4) is 5.75 Å². The number of ether oxygens (including phenoxy) is 2. The van der Waals surface area contributed by atoms with Crippen molar-refractivity contribution in [2.75, 3.05) is 6.61 Å². The van der Waals surface area contributed by atoms with Gasteiger partial charge in [0.15, 0.2) is 0 Å². The molecule has 3 rings (SSSR count). The molecule has 5 N–H and O–H groups in total. The van der Waals surface area contributed by atoms with Crippen LogP contribution in [0.5, 0.6) is 5.75 Å². The summed E-state index contributed by atoms with van der Waals surface area (Å²) in [6.07, 6.45) is -6.81. The molecule has 5 atom stereocenters. The normalized spacial score (nSPS) is 28.8. The van der Waals surface area contributed by atoms with Gasteiger partial charge in [0.2, 0.25) is 6.29 Å². The minimum Gasteiger partial charge on any atom is -0.481 e. The highest BCUT2D eigenvalue weighted by atomic mass is 16.7. The van der Waals surface area contributed by atoms with Crippen molar-refractivity contribution in [2.24, 2.45) is 0 Å². The predicted octanol–water partition coefficient (Wildman–Crippen LogP) is -0.354. The number of benzene rings is 2. The molecule has 0 saturated carbocycles. The Morgan fingerprint density at radius 2 is 1.69 bits per heavy atom. The summed E-state index contributed by atoms with van der Waals surface area (Å²) in [6.45, 7) is -0.533. The first-order valence-corrected chi connectivity index (χ1v) is 8.10. The molecular formula is C18H20O8. The van der Waals surface area contributed by atoms with Gasteiger partial charge in [-0.1, -0.05) is 24.3 Å². The summed E-state index contributed by atoms with van der Waals surface area (Å²) < 4.78 is 10.9. The third kappa shape index (κ3) is 3.79. The van der Waals surface area contributed by atoms with Crippen molar-refractivity contribution in [1.29, 1.82) is 0 Å². The molecule has 2 aromatic carbocycles. The molecule has 140 valence electrons. The SMILES string of the molecule is O=C(O)Cc1ccc2cc(O[C@H]3O[C@H](CO)[C@@H](O)[C@H](O)[C@H]3O)ccc2c1. The van der Waals surface area contributed by atoms with Gasteiger partial charge in [0.25, 0.3) is 0 Å². The molecule has 0 spiro atoms. The molecule has 8 nitrogen and oxygen atoms in total.